The summed E-state index contributed by atoms with van der Waals surface area (Å²) in [5, 5.41) is 16.0. The van der Waals surface area contributed by atoms with Crippen molar-refractivity contribution in [1.29, 1.82) is 0 Å². The maximum absolute atomic E-state index is 13.3. The van der Waals surface area contributed by atoms with Gasteiger partial charge in [-0.3, -0.25) is 19.9 Å². The highest BCUT2D eigenvalue weighted by Gasteiger charge is 2.21. The number of carbonyl (C=O) groups excluding carboxylic acids is 2. The fourth-order valence-electron chi connectivity index (χ4n) is 3.62. The van der Waals surface area contributed by atoms with Crippen LogP contribution in [0, 0.1) is 0 Å². The number of aliphatic hydroxyl groups is 1. The third kappa shape index (κ3) is 5.19. The molecule has 4 rings (SSSR count). The molecule has 0 saturated heterocycles. The number of benzene rings is 2. The lowest BCUT2D eigenvalue weighted by Crippen LogP contribution is -2.27. The molecule has 4 aromatic rings. The molecular formula is C26H25N5O3. The van der Waals surface area contributed by atoms with Gasteiger partial charge in [-0.25, -0.2) is 4.98 Å². The summed E-state index contributed by atoms with van der Waals surface area (Å²) in [4.78, 5) is 33.9. The zero-order chi connectivity index (χ0) is 24.3. The zero-order valence-corrected chi connectivity index (χ0v) is 18.9. The van der Waals surface area contributed by atoms with Crippen LogP contribution in [0.15, 0.2) is 79.6 Å². The number of amides is 2. The van der Waals surface area contributed by atoms with E-state index >= 15 is 0 Å². The Labute approximate surface area is 197 Å². The van der Waals surface area contributed by atoms with E-state index in [1.54, 1.807) is 55.1 Å². The van der Waals surface area contributed by atoms with Crippen LogP contribution < -0.4 is 10.6 Å². The van der Waals surface area contributed by atoms with E-state index in [1.165, 1.54) is 0 Å². The van der Waals surface area contributed by atoms with Crippen LogP contribution in [-0.4, -0.2) is 37.1 Å². The predicted molar refractivity (Wildman–Crippen MR) is 132 cm³/mol. The molecular weight excluding hydrogens is 430 g/mol. The highest BCUT2D eigenvalue weighted by Crippen LogP contribution is 2.26. The van der Waals surface area contributed by atoms with Crippen LogP contribution in [0.3, 0.4) is 0 Å². The first kappa shape index (κ1) is 22.9. The number of hydrogen-bond donors (Lipinski definition) is 3. The molecule has 0 atom stereocenters. The van der Waals surface area contributed by atoms with Crippen molar-refractivity contribution in [1.82, 2.24) is 14.5 Å². The molecule has 2 amide bonds. The minimum atomic E-state index is -1.02. The number of nitrogens with zero attached hydrogens (tertiary/aromatic N) is 3. The number of nitrogens with one attached hydrogen (secondary N) is 2. The van der Waals surface area contributed by atoms with E-state index in [0.717, 1.165) is 17.2 Å². The van der Waals surface area contributed by atoms with Crippen LogP contribution in [0.1, 0.15) is 24.2 Å². The molecule has 0 spiro atoms. The van der Waals surface area contributed by atoms with Crippen molar-refractivity contribution >= 4 is 34.5 Å². The van der Waals surface area contributed by atoms with Gasteiger partial charge in [0.2, 0.25) is 11.9 Å². The Bertz CT molecular complexity index is 1370. The summed E-state index contributed by atoms with van der Waals surface area (Å²) in [7, 11) is 0. The summed E-state index contributed by atoms with van der Waals surface area (Å²) in [6, 6.07) is 16.2. The highest BCUT2D eigenvalue weighted by molar-refractivity contribution is 6.07. The van der Waals surface area contributed by atoms with Gasteiger partial charge >= 0.3 is 0 Å². The first-order chi connectivity index (χ1) is 16.2. The van der Waals surface area contributed by atoms with E-state index in [4.69, 9.17) is 0 Å². The number of para-hydroxylation sites is 2. The maximum Gasteiger partial charge on any atom is 0.258 e. The van der Waals surface area contributed by atoms with E-state index in [2.05, 4.69) is 27.2 Å². The van der Waals surface area contributed by atoms with Gasteiger partial charge in [-0.1, -0.05) is 24.8 Å². The van der Waals surface area contributed by atoms with Crippen molar-refractivity contribution in [2.75, 3.05) is 10.6 Å². The summed E-state index contributed by atoms with van der Waals surface area (Å²) >= 11 is 0. The second-order valence-corrected chi connectivity index (χ2v) is 8.51. The van der Waals surface area contributed by atoms with E-state index < -0.39 is 11.5 Å². The number of imidazole rings is 1. The molecule has 0 bridgehead atoms. The number of fused-ring (bicyclic) bond motifs is 1. The van der Waals surface area contributed by atoms with Gasteiger partial charge < -0.3 is 15.0 Å². The number of carbonyl (C=O) groups is 2. The lowest BCUT2D eigenvalue weighted by atomic mass is 10.0. The van der Waals surface area contributed by atoms with Crippen molar-refractivity contribution in [3.8, 4) is 11.1 Å². The average molecular weight is 456 g/mol. The normalized spacial score (nSPS) is 11.3. The molecule has 2 heterocycles. The van der Waals surface area contributed by atoms with Crippen molar-refractivity contribution in [3.05, 3.63) is 85.2 Å². The molecule has 0 saturated carbocycles. The first-order valence-electron chi connectivity index (χ1n) is 10.7. The maximum atomic E-state index is 13.3. The number of hydrogen-bond acceptors (Lipinski definition) is 5. The Hall–Kier alpha value is -4.30. The van der Waals surface area contributed by atoms with Crippen LogP contribution in [0.5, 0.6) is 0 Å². The Morgan fingerprint density at radius 1 is 1.09 bits per heavy atom. The molecule has 8 heteroatoms. The third-order valence-electron chi connectivity index (χ3n) is 5.07. The summed E-state index contributed by atoms with van der Waals surface area (Å²) in [5.41, 5.74) is 2.74. The fourth-order valence-corrected chi connectivity index (χ4v) is 3.62. The van der Waals surface area contributed by atoms with Crippen molar-refractivity contribution < 1.29 is 14.7 Å². The van der Waals surface area contributed by atoms with Crippen LogP contribution >= 0.6 is 0 Å². The molecule has 2 aromatic heterocycles. The largest absolute Gasteiger partial charge is 0.389 e. The third-order valence-corrected chi connectivity index (χ3v) is 5.07. The quantitative estimate of drug-likeness (QED) is 0.361. The van der Waals surface area contributed by atoms with Gasteiger partial charge in [0.05, 0.1) is 23.2 Å². The molecule has 3 N–H and O–H groups in total. The molecule has 2 aromatic carbocycles. The van der Waals surface area contributed by atoms with Crippen molar-refractivity contribution in [3.63, 3.8) is 0 Å². The lowest BCUT2D eigenvalue weighted by Gasteiger charge is -2.20. The minimum absolute atomic E-state index is 0.236. The molecule has 0 fully saturated rings. The smallest absolute Gasteiger partial charge is 0.258 e. The van der Waals surface area contributed by atoms with Crippen molar-refractivity contribution in [2.45, 2.75) is 26.0 Å². The topological polar surface area (TPSA) is 109 Å². The summed E-state index contributed by atoms with van der Waals surface area (Å²) < 4.78 is 1.78. The Morgan fingerprint density at radius 2 is 1.88 bits per heavy atom. The van der Waals surface area contributed by atoms with E-state index in [0.29, 0.717) is 28.3 Å². The minimum Gasteiger partial charge on any atom is -0.389 e. The van der Waals surface area contributed by atoms with Gasteiger partial charge in [0.25, 0.3) is 5.91 Å². The summed E-state index contributed by atoms with van der Waals surface area (Å²) in [6.45, 7) is 7.10. The number of rotatable bonds is 7. The number of aromatic nitrogens is 3. The molecule has 0 radical (unpaired) electrons. The van der Waals surface area contributed by atoms with Crippen LogP contribution in [-0.2, 0) is 11.3 Å². The number of pyridine rings is 1. The Balaban J connectivity index is 1.74. The van der Waals surface area contributed by atoms with E-state index in [1.807, 2.05) is 30.3 Å². The lowest BCUT2D eigenvalue weighted by molar-refractivity contribution is -0.111. The standard InChI is InChI=1S/C26H25N5O3/c1-4-23(32)28-20-13-18(17-8-7-11-27-15-17)12-19(14-20)24(33)30-25-29-21-9-5-6-10-22(21)31(25)16-26(2,3)34/h4-15,34H,1,16H2,2-3H3,(H,28,32)(H,29,30,33). The second kappa shape index (κ2) is 9.29. The summed E-state index contributed by atoms with van der Waals surface area (Å²) in [5.74, 6) is -0.481. The second-order valence-electron chi connectivity index (χ2n) is 8.51. The van der Waals surface area contributed by atoms with Gasteiger partial charge in [-0.15, -0.1) is 0 Å². The summed E-state index contributed by atoms with van der Waals surface area (Å²) in [6.07, 6.45) is 4.50. The molecule has 0 aliphatic carbocycles. The Kier molecular flexibility index (Phi) is 6.25. The van der Waals surface area contributed by atoms with Crippen LogP contribution in [0.4, 0.5) is 11.6 Å². The predicted octanol–water partition coefficient (Wildman–Crippen LogP) is 4.25. The fraction of sp³-hybridized carbons (Fsp3) is 0.154. The molecule has 0 unspecified atom stereocenters. The van der Waals surface area contributed by atoms with Gasteiger partial charge in [0.1, 0.15) is 0 Å². The number of anilines is 2. The van der Waals surface area contributed by atoms with Crippen LogP contribution in [0.25, 0.3) is 22.2 Å². The van der Waals surface area contributed by atoms with Crippen molar-refractivity contribution in [2.24, 2.45) is 0 Å². The van der Waals surface area contributed by atoms with Gasteiger partial charge in [0, 0.05) is 29.2 Å². The Morgan fingerprint density at radius 3 is 2.59 bits per heavy atom. The van der Waals surface area contributed by atoms with E-state index in [-0.39, 0.29) is 12.5 Å². The molecule has 8 nitrogen and oxygen atoms in total. The van der Waals surface area contributed by atoms with Gasteiger partial charge in [0.15, 0.2) is 0 Å². The SMILES string of the molecule is C=CC(=O)Nc1cc(C(=O)Nc2nc3ccccc3n2CC(C)(C)O)cc(-c2cccnc2)c1. The average Bonchev–Trinajstić information content (AvgIpc) is 3.14. The first-order valence-corrected chi connectivity index (χ1v) is 10.7. The molecule has 34 heavy (non-hydrogen) atoms. The zero-order valence-electron chi connectivity index (χ0n) is 18.9. The van der Waals surface area contributed by atoms with Gasteiger partial charge in [-0.05, 0) is 61.9 Å². The monoisotopic (exact) mass is 455 g/mol. The highest BCUT2D eigenvalue weighted by atomic mass is 16.3. The van der Waals surface area contributed by atoms with Crippen LogP contribution in [0.2, 0.25) is 0 Å². The molecule has 0 aliphatic heterocycles. The van der Waals surface area contributed by atoms with E-state index in [9.17, 15) is 14.7 Å². The van der Waals surface area contributed by atoms with Gasteiger partial charge in [-0.2, -0.15) is 0 Å². The molecule has 0 aliphatic rings. The molecule has 172 valence electrons.